The second-order valence-corrected chi connectivity index (χ2v) is 9.41. The summed E-state index contributed by atoms with van der Waals surface area (Å²) in [6.45, 7) is 0.497. The Labute approximate surface area is 205 Å². The van der Waals surface area contributed by atoms with E-state index in [4.69, 9.17) is 5.11 Å². The van der Waals surface area contributed by atoms with Crippen LogP contribution in [0.5, 0.6) is 5.75 Å². The number of carbonyl (C=O) groups excluding carboxylic acids is 1. The maximum atomic E-state index is 15.2. The van der Waals surface area contributed by atoms with Crippen LogP contribution in [0.2, 0.25) is 0 Å². The third kappa shape index (κ3) is 5.02. The van der Waals surface area contributed by atoms with Crippen LogP contribution in [0.15, 0.2) is 53.4 Å². The molecule has 1 heterocycles. The number of anilines is 2. The molecule has 178 valence electrons. The lowest BCUT2D eigenvalue weighted by Gasteiger charge is -2.30. The fourth-order valence-electron chi connectivity index (χ4n) is 3.99. The Balaban J connectivity index is 1.56. The molecule has 1 fully saturated rings. The Morgan fingerprint density at radius 3 is 2.44 bits per heavy atom. The molecule has 34 heavy (non-hydrogen) atoms. The molecule has 0 aliphatic carbocycles. The van der Waals surface area contributed by atoms with E-state index in [1.807, 2.05) is 30.5 Å². The molecule has 4 N–H and O–H groups in total. The van der Waals surface area contributed by atoms with E-state index in [0.717, 1.165) is 16.6 Å². The van der Waals surface area contributed by atoms with Crippen LogP contribution >= 0.6 is 23.9 Å². The minimum atomic E-state index is -0.878. The predicted molar refractivity (Wildman–Crippen MR) is 135 cm³/mol. The molecule has 0 atom stereocenters. The number of benzene rings is 3. The lowest BCUT2D eigenvalue weighted by atomic mass is 9.96. The van der Waals surface area contributed by atoms with Gasteiger partial charge in [0.2, 0.25) is 0 Å². The van der Waals surface area contributed by atoms with Crippen LogP contribution in [-0.2, 0) is 4.79 Å². The van der Waals surface area contributed by atoms with Crippen molar-refractivity contribution in [2.75, 3.05) is 28.8 Å². The van der Waals surface area contributed by atoms with Gasteiger partial charge in [0, 0.05) is 40.7 Å². The van der Waals surface area contributed by atoms with Crippen molar-refractivity contribution in [3.05, 3.63) is 59.9 Å². The van der Waals surface area contributed by atoms with Crippen LogP contribution in [0.1, 0.15) is 23.2 Å². The van der Waals surface area contributed by atoms with Gasteiger partial charge < -0.3 is 24.6 Å². The van der Waals surface area contributed by atoms with Gasteiger partial charge in [-0.2, -0.15) is 0 Å². The van der Waals surface area contributed by atoms with Crippen molar-refractivity contribution in [2.24, 2.45) is 5.92 Å². The average Bonchev–Trinajstić information content (AvgIpc) is 2.85. The number of phenolic OH excluding ortho intramolecular Hbond substituents is 1. The van der Waals surface area contributed by atoms with E-state index in [9.17, 15) is 14.7 Å². The Morgan fingerprint density at radius 1 is 1.09 bits per heavy atom. The zero-order chi connectivity index (χ0) is 24.2. The number of likely N-dealkylation sites (tertiary alicyclic amines) is 1. The van der Waals surface area contributed by atoms with Gasteiger partial charge in [-0.15, -0.1) is 0 Å². The largest absolute Gasteiger partial charge is 0.506 e. The molecule has 1 amide bonds. The SMILES string of the molecule is CSNc1ccc(SNc2cccc3c(O)c(C(=O)N4CCC(C(=O)O)CC4)cc(F)c23)cc1. The van der Waals surface area contributed by atoms with Gasteiger partial charge in [-0.05, 0) is 61.2 Å². The fourth-order valence-corrected chi connectivity index (χ4v) is 5.03. The minimum Gasteiger partial charge on any atom is -0.506 e. The van der Waals surface area contributed by atoms with E-state index in [2.05, 4.69) is 9.44 Å². The van der Waals surface area contributed by atoms with Crippen LogP contribution in [0.25, 0.3) is 10.8 Å². The van der Waals surface area contributed by atoms with Crippen molar-refractivity contribution in [1.82, 2.24) is 4.90 Å². The summed E-state index contributed by atoms with van der Waals surface area (Å²) >= 11 is 2.81. The van der Waals surface area contributed by atoms with Crippen molar-refractivity contribution in [1.29, 1.82) is 0 Å². The van der Waals surface area contributed by atoms with Gasteiger partial charge in [-0.25, -0.2) is 4.39 Å². The molecule has 0 saturated carbocycles. The standard InChI is InChI=1S/C24H24FN3O4S2/c1-33-26-15-5-7-16(8-6-15)34-27-20-4-2-3-17-21(20)19(25)13-18(22(17)29)23(30)28-11-9-14(10-12-28)24(31)32/h2-8,13-14,26-27,29H,9-12H2,1H3,(H,31,32). The molecule has 4 rings (SSSR count). The summed E-state index contributed by atoms with van der Waals surface area (Å²) < 4.78 is 21.5. The van der Waals surface area contributed by atoms with E-state index >= 15 is 4.39 Å². The second-order valence-electron chi connectivity index (χ2n) is 7.92. The number of amides is 1. The molecule has 3 aromatic carbocycles. The number of rotatable bonds is 7. The number of nitrogens with zero attached hydrogens (tertiary/aromatic N) is 1. The van der Waals surface area contributed by atoms with Crippen LogP contribution in [0.4, 0.5) is 15.8 Å². The van der Waals surface area contributed by atoms with Gasteiger partial charge in [0.1, 0.15) is 11.6 Å². The number of fused-ring (bicyclic) bond motifs is 1. The number of hydrogen-bond acceptors (Lipinski definition) is 7. The van der Waals surface area contributed by atoms with Gasteiger partial charge >= 0.3 is 5.97 Å². The third-order valence-electron chi connectivity index (χ3n) is 5.80. The van der Waals surface area contributed by atoms with Crippen molar-refractivity contribution in [3.8, 4) is 5.75 Å². The van der Waals surface area contributed by atoms with E-state index in [1.54, 1.807) is 18.2 Å². The van der Waals surface area contributed by atoms with Crippen LogP contribution in [0.3, 0.4) is 0 Å². The van der Waals surface area contributed by atoms with E-state index in [0.29, 0.717) is 18.5 Å². The number of aromatic hydroxyl groups is 1. The Bertz CT molecular complexity index is 1220. The van der Waals surface area contributed by atoms with Crippen molar-refractivity contribution >= 4 is 57.9 Å². The third-order valence-corrected chi connectivity index (χ3v) is 7.07. The normalized spacial score (nSPS) is 14.2. The summed E-state index contributed by atoms with van der Waals surface area (Å²) in [5.74, 6) is -2.79. The highest BCUT2D eigenvalue weighted by atomic mass is 32.2. The fraction of sp³-hybridized carbons (Fsp3) is 0.250. The number of hydrogen-bond donors (Lipinski definition) is 4. The minimum absolute atomic E-state index is 0.125. The summed E-state index contributed by atoms with van der Waals surface area (Å²) in [7, 11) is 0. The van der Waals surface area contributed by atoms with Crippen molar-refractivity contribution < 1.29 is 24.2 Å². The molecule has 0 spiro atoms. The van der Waals surface area contributed by atoms with Gasteiger partial charge in [-0.1, -0.05) is 24.1 Å². The quantitative estimate of drug-likeness (QED) is 0.318. The first-order valence-corrected chi connectivity index (χ1v) is 12.7. The molecule has 1 saturated heterocycles. The average molecular weight is 502 g/mol. The lowest BCUT2D eigenvalue weighted by Crippen LogP contribution is -2.40. The number of piperidine rings is 1. The summed E-state index contributed by atoms with van der Waals surface area (Å²) in [6.07, 6.45) is 2.60. The molecular formula is C24H24FN3O4S2. The zero-order valence-corrected chi connectivity index (χ0v) is 20.0. The van der Waals surface area contributed by atoms with E-state index in [-0.39, 0.29) is 35.2 Å². The Kier molecular flexibility index (Phi) is 7.38. The first-order valence-electron chi connectivity index (χ1n) is 10.7. The Morgan fingerprint density at radius 2 is 1.79 bits per heavy atom. The number of carbonyl (C=O) groups is 2. The molecule has 0 aromatic heterocycles. The molecule has 0 radical (unpaired) electrons. The number of nitrogens with one attached hydrogen (secondary N) is 2. The van der Waals surface area contributed by atoms with Gasteiger partial charge in [0.25, 0.3) is 5.91 Å². The van der Waals surface area contributed by atoms with Gasteiger partial charge in [0.15, 0.2) is 0 Å². The van der Waals surface area contributed by atoms with E-state index < -0.39 is 23.6 Å². The molecule has 0 unspecified atom stereocenters. The summed E-state index contributed by atoms with van der Waals surface area (Å²) in [5, 5.41) is 20.4. The van der Waals surface area contributed by atoms with Crippen LogP contribution in [0, 0.1) is 11.7 Å². The van der Waals surface area contributed by atoms with Crippen LogP contribution in [-0.4, -0.2) is 46.3 Å². The predicted octanol–water partition coefficient (Wildman–Crippen LogP) is 5.43. The molecule has 1 aliphatic heterocycles. The summed E-state index contributed by atoms with van der Waals surface area (Å²) in [6, 6.07) is 13.8. The highest BCUT2D eigenvalue weighted by Crippen LogP contribution is 2.38. The van der Waals surface area contributed by atoms with Gasteiger partial charge in [0.05, 0.1) is 17.2 Å². The lowest BCUT2D eigenvalue weighted by molar-refractivity contribution is -0.143. The smallest absolute Gasteiger partial charge is 0.306 e. The molecule has 7 nitrogen and oxygen atoms in total. The maximum Gasteiger partial charge on any atom is 0.306 e. The molecule has 1 aliphatic rings. The molecule has 10 heteroatoms. The molecular weight excluding hydrogens is 477 g/mol. The highest BCUT2D eigenvalue weighted by molar-refractivity contribution is 8.00. The number of halogens is 1. The molecule has 3 aromatic rings. The first-order chi connectivity index (χ1) is 16.4. The maximum absolute atomic E-state index is 15.2. The topological polar surface area (TPSA) is 102 Å². The monoisotopic (exact) mass is 501 g/mol. The summed E-state index contributed by atoms with van der Waals surface area (Å²) in [4.78, 5) is 26.5. The summed E-state index contributed by atoms with van der Waals surface area (Å²) in [5.41, 5.74) is 1.32. The Hall–Kier alpha value is -3.11. The second kappa shape index (κ2) is 10.4. The number of aliphatic carboxylic acids is 1. The highest BCUT2D eigenvalue weighted by Gasteiger charge is 2.29. The number of carboxylic acid groups (broad SMARTS) is 1. The zero-order valence-electron chi connectivity index (χ0n) is 18.4. The van der Waals surface area contributed by atoms with Crippen LogP contribution < -0.4 is 9.44 Å². The van der Waals surface area contributed by atoms with Crippen molar-refractivity contribution in [3.63, 3.8) is 0 Å². The molecule has 0 bridgehead atoms. The van der Waals surface area contributed by atoms with E-state index in [1.165, 1.54) is 28.8 Å². The van der Waals surface area contributed by atoms with Crippen molar-refractivity contribution in [2.45, 2.75) is 17.7 Å². The number of phenols is 1. The number of carboxylic acids is 1. The first kappa shape index (κ1) is 24.0. The van der Waals surface area contributed by atoms with Gasteiger partial charge in [-0.3, -0.25) is 9.59 Å².